The topological polar surface area (TPSA) is 74.6 Å². The van der Waals surface area contributed by atoms with E-state index in [-0.39, 0.29) is 17.9 Å². The van der Waals surface area contributed by atoms with E-state index in [9.17, 15) is 10.1 Å². The van der Waals surface area contributed by atoms with Gasteiger partial charge in [-0.1, -0.05) is 18.2 Å². The van der Waals surface area contributed by atoms with Crippen molar-refractivity contribution in [3.05, 3.63) is 59.2 Å². The SMILES string of the molecule is CNC(=O)C1CN(Cc2ccc(OCc3ccc(OC(C)C)c(C#N)c3)cc2)C1. The number of likely N-dealkylation sites (tertiary alicyclic amines) is 1. The number of hydrogen-bond acceptors (Lipinski definition) is 5. The first-order chi connectivity index (χ1) is 14.0. The molecule has 0 aromatic heterocycles. The van der Waals surface area contributed by atoms with Gasteiger partial charge in [0.15, 0.2) is 0 Å². The maximum absolute atomic E-state index is 11.6. The number of amides is 1. The van der Waals surface area contributed by atoms with Crippen LogP contribution in [0.1, 0.15) is 30.5 Å². The summed E-state index contributed by atoms with van der Waals surface area (Å²) in [5, 5.41) is 12.0. The molecule has 0 radical (unpaired) electrons. The first-order valence-corrected chi connectivity index (χ1v) is 9.84. The largest absolute Gasteiger partial charge is 0.490 e. The summed E-state index contributed by atoms with van der Waals surface area (Å²) in [6, 6.07) is 15.7. The zero-order chi connectivity index (χ0) is 20.8. The van der Waals surface area contributed by atoms with E-state index < -0.39 is 0 Å². The molecule has 3 rings (SSSR count). The molecule has 1 saturated heterocycles. The van der Waals surface area contributed by atoms with Crippen molar-refractivity contribution in [1.82, 2.24) is 10.2 Å². The van der Waals surface area contributed by atoms with E-state index in [1.165, 1.54) is 5.56 Å². The van der Waals surface area contributed by atoms with Crippen molar-refractivity contribution in [2.24, 2.45) is 5.92 Å². The summed E-state index contributed by atoms with van der Waals surface area (Å²) in [7, 11) is 1.68. The van der Waals surface area contributed by atoms with Gasteiger partial charge < -0.3 is 14.8 Å². The highest BCUT2D eigenvalue weighted by atomic mass is 16.5. The molecule has 29 heavy (non-hydrogen) atoms. The molecule has 1 aliphatic rings. The Kier molecular flexibility index (Phi) is 6.73. The molecule has 0 saturated carbocycles. The number of carbonyl (C=O) groups excluding carboxylic acids is 1. The average molecular weight is 393 g/mol. The van der Waals surface area contributed by atoms with E-state index in [1.54, 1.807) is 13.1 Å². The molecular formula is C23H27N3O3. The Labute approximate surface area is 172 Å². The van der Waals surface area contributed by atoms with E-state index in [4.69, 9.17) is 9.47 Å². The van der Waals surface area contributed by atoms with Gasteiger partial charge in [-0.05, 0) is 49.2 Å². The zero-order valence-corrected chi connectivity index (χ0v) is 17.1. The summed E-state index contributed by atoms with van der Waals surface area (Å²) in [5.41, 5.74) is 2.62. The minimum atomic E-state index is 0.0219. The summed E-state index contributed by atoms with van der Waals surface area (Å²) >= 11 is 0. The molecule has 1 aliphatic heterocycles. The maximum atomic E-state index is 11.6. The molecule has 6 heteroatoms. The van der Waals surface area contributed by atoms with Crippen molar-refractivity contribution >= 4 is 5.91 Å². The molecule has 6 nitrogen and oxygen atoms in total. The standard InChI is InChI=1S/C23H27N3O3/c1-16(2)29-22-9-6-18(10-19(22)11-24)15-28-21-7-4-17(5-8-21)12-26-13-20(14-26)23(27)25-3/h4-10,16,20H,12-15H2,1-3H3,(H,25,27). The minimum absolute atomic E-state index is 0.0219. The summed E-state index contributed by atoms with van der Waals surface area (Å²) in [6.45, 7) is 6.69. The van der Waals surface area contributed by atoms with E-state index in [1.807, 2.05) is 50.2 Å². The van der Waals surface area contributed by atoms with Gasteiger partial charge in [0.05, 0.1) is 17.6 Å². The molecule has 0 bridgehead atoms. The zero-order valence-electron chi connectivity index (χ0n) is 17.1. The van der Waals surface area contributed by atoms with E-state index in [0.29, 0.717) is 17.9 Å². The second-order valence-electron chi connectivity index (χ2n) is 7.55. The molecule has 152 valence electrons. The van der Waals surface area contributed by atoms with Gasteiger partial charge in [-0.15, -0.1) is 0 Å². The van der Waals surface area contributed by atoms with Crippen LogP contribution in [0.5, 0.6) is 11.5 Å². The number of carbonyl (C=O) groups is 1. The lowest BCUT2D eigenvalue weighted by atomic mass is 9.98. The van der Waals surface area contributed by atoms with Crippen LogP contribution in [0, 0.1) is 17.2 Å². The number of hydrogen-bond donors (Lipinski definition) is 1. The van der Waals surface area contributed by atoms with Crippen LogP contribution in [0.3, 0.4) is 0 Å². The fraction of sp³-hybridized carbons (Fsp3) is 0.391. The molecule has 0 spiro atoms. The fourth-order valence-electron chi connectivity index (χ4n) is 3.30. The molecule has 0 atom stereocenters. The van der Waals surface area contributed by atoms with Gasteiger partial charge >= 0.3 is 0 Å². The second kappa shape index (κ2) is 9.44. The van der Waals surface area contributed by atoms with Gasteiger partial charge in [-0.3, -0.25) is 9.69 Å². The molecule has 0 unspecified atom stereocenters. The van der Waals surface area contributed by atoms with Crippen molar-refractivity contribution in [2.45, 2.75) is 33.1 Å². The maximum Gasteiger partial charge on any atom is 0.225 e. The molecule has 0 aliphatic carbocycles. The molecule has 1 heterocycles. The highest BCUT2D eigenvalue weighted by molar-refractivity contribution is 5.79. The predicted octanol–water partition coefficient (Wildman–Crippen LogP) is 3.10. The van der Waals surface area contributed by atoms with Gasteiger partial charge in [0.25, 0.3) is 0 Å². The quantitative estimate of drug-likeness (QED) is 0.746. The van der Waals surface area contributed by atoms with Crippen LogP contribution in [0.25, 0.3) is 0 Å². The number of benzene rings is 2. The molecule has 1 N–H and O–H groups in total. The lowest BCUT2D eigenvalue weighted by Gasteiger charge is -2.38. The van der Waals surface area contributed by atoms with E-state index in [2.05, 4.69) is 16.3 Å². The number of nitriles is 1. The van der Waals surface area contributed by atoms with Gasteiger partial charge in [0.1, 0.15) is 24.2 Å². The molecule has 1 amide bonds. The van der Waals surface area contributed by atoms with Crippen molar-refractivity contribution < 1.29 is 14.3 Å². The van der Waals surface area contributed by atoms with Gasteiger partial charge in [-0.2, -0.15) is 5.26 Å². The van der Waals surface area contributed by atoms with Crippen LogP contribution in [0.4, 0.5) is 0 Å². The van der Waals surface area contributed by atoms with Crippen molar-refractivity contribution in [3.8, 4) is 17.6 Å². The van der Waals surface area contributed by atoms with Crippen molar-refractivity contribution in [3.63, 3.8) is 0 Å². The number of nitrogens with one attached hydrogen (secondary N) is 1. The highest BCUT2D eigenvalue weighted by Crippen LogP contribution is 2.23. The third-order valence-electron chi connectivity index (χ3n) is 4.84. The van der Waals surface area contributed by atoms with Crippen LogP contribution < -0.4 is 14.8 Å². The monoisotopic (exact) mass is 393 g/mol. The van der Waals surface area contributed by atoms with E-state index >= 15 is 0 Å². The van der Waals surface area contributed by atoms with Crippen molar-refractivity contribution in [2.75, 3.05) is 20.1 Å². The van der Waals surface area contributed by atoms with Gasteiger partial charge in [0, 0.05) is 26.7 Å². The highest BCUT2D eigenvalue weighted by Gasteiger charge is 2.31. The number of rotatable bonds is 8. The third kappa shape index (κ3) is 5.49. The van der Waals surface area contributed by atoms with Gasteiger partial charge in [0.2, 0.25) is 5.91 Å². The Morgan fingerprint density at radius 1 is 1.21 bits per heavy atom. The third-order valence-corrected chi connectivity index (χ3v) is 4.84. The Balaban J connectivity index is 1.50. The fourth-order valence-corrected chi connectivity index (χ4v) is 3.30. The van der Waals surface area contributed by atoms with Crippen LogP contribution in [0.15, 0.2) is 42.5 Å². The second-order valence-corrected chi connectivity index (χ2v) is 7.55. The van der Waals surface area contributed by atoms with Crippen LogP contribution >= 0.6 is 0 Å². The van der Waals surface area contributed by atoms with Crippen molar-refractivity contribution in [1.29, 1.82) is 5.26 Å². The predicted molar refractivity (Wildman–Crippen MR) is 111 cm³/mol. The Morgan fingerprint density at radius 3 is 2.52 bits per heavy atom. The first-order valence-electron chi connectivity index (χ1n) is 9.84. The molecule has 2 aromatic rings. The summed E-state index contributed by atoms with van der Waals surface area (Å²) in [5.74, 6) is 1.61. The summed E-state index contributed by atoms with van der Waals surface area (Å²) in [6.07, 6.45) is 0.0219. The minimum Gasteiger partial charge on any atom is -0.490 e. The summed E-state index contributed by atoms with van der Waals surface area (Å²) in [4.78, 5) is 13.8. The average Bonchev–Trinajstić information content (AvgIpc) is 2.69. The molecule has 1 fully saturated rings. The van der Waals surface area contributed by atoms with Crippen LogP contribution in [0.2, 0.25) is 0 Å². The van der Waals surface area contributed by atoms with Crippen LogP contribution in [-0.2, 0) is 17.9 Å². The van der Waals surface area contributed by atoms with Crippen LogP contribution in [-0.4, -0.2) is 37.0 Å². The molecule has 2 aromatic carbocycles. The Hall–Kier alpha value is -3.04. The lowest BCUT2D eigenvalue weighted by molar-refractivity contribution is -0.129. The van der Waals surface area contributed by atoms with Gasteiger partial charge in [-0.25, -0.2) is 0 Å². The number of ether oxygens (including phenoxy) is 2. The Bertz CT molecular complexity index is 881. The smallest absolute Gasteiger partial charge is 0.225 e. The summed E-state index contributed by atoms with van der Waals surface area (Å²) < 4.78 is 11.5. The lowest BCUT2D eigenvalue weighted by Crippen LogP contribution is -2.52. The molecular weight excluding hydrogens is 366 g/mol. The normalized spacial score (nSPS) is 14.2. The van der Waals surface area contributed by atoms with E-state index in [0.717, 1.165) is 30.9 Å². The number of nitrogens with zero attached hydrogens (tertiary/aromatic N) is 2. The first kappa shape index (κ1) is 20.7. The Morgan fingerprint density at radius 2 is 1.90 bits per heavy atom.